The summed E-state index contributed by atoms with van der Waals surface area (Å²) in [4.78, 5) is 0. The van der Waals surface area contributed by atoms with Crippen molar-refractivity contribution in [2.75, 3.05) is 7.11 Å². The quantitative estimate of drug-likeness (QED) is 0.745. The Balaban J connectivity index is 2.79. The predicted molar refractivity (Wildman–Crippen MR) is 58.3 cm³/mol. The fraction of sp³-hybridized carbons (Fsp3) is 0.250. The monoisotopic (exact) mass is 200 g/mol. The van der Waals surface area contributed by atoms with Gasteiger partial charge >= 0.3 is 0 Å². The number of para-hydroxylation sites is 1. The molecule has 0 saturated carbocycles. The molecule has 0 atom stereocenters. The van der Waals surface area contributed by atoms with E-state index in [1.54, 1.807) is 7.11 Å². The summed E-state index contributed by atoms with van der Waals surface area (Å²) >= 11 is 0. The molecule has 76 valence electrons. The molecule has 1 heterocycles. The van der Waals surface area contributed by atoms with Crippen LogP contribution in [-0.4, -0.2) is 11.7 Å². The first-order chi connectivity index (χ1) is 7.29. The number of rotatable bonds is 2. The van der Waals surface area contributed by atoms with Gasteiger partial charge in [0.25, 0.3) is 0 Å². The second-order valence-electron chi connectivity index (χ2n) is 3.44. The fourth-order valence-corrected chi connectivity index (χ4v) is 1.88. The molecule has 3 heteroatoms. The molecule has 0 fully saturated rings. The lowest BCUT2D eigenvalue weighted by Gasteiger charge is -2.02. The Morgan fingerprint density at radius 1 is 1.40 bits per heavy atom. The van der Waals surface area contributed by atoms with Gasteiger partial charge in [0.15, 0.2) is 0 Å². The molecule has 3 nitrogen and oxygen atoms in total. The summed E-state index contributed by atoms with van der Waals surface area (Å²) in [5.41, 5.74) is 2.72. The van der Waals surface area contributed by atoms with Gasteiger partial charge in [0, 0.05) is 25.1 Å². The summed E-state index contributed by atoms with van der Waals surface area (Å²) in [5, 5.41) is 10.1. The second kappa shape index (κ2) is 3.76. The third kappa shape index (κ3) is 1.39. The Morgan fingerprint density at radius 3 is 2.80 bits per heavy atom. The molecule has 2 rings (SSSR count). The molecule has 0 aliphatic rings. The summed E-state index contributed by atoms with van der Waals surface area (Å²) in [6, 6.07) is 10.1. The number of ether oxygens (including phenoxy) is 1. The van der Waals surface area contributed by atoms with Crippen molar-refractivity contribution in [3.05, 3.63) is 35.5 Å². The molecule has 0 aliphatic heterocycles. The van der Waals surface area contributed by atoms with Crippen LogP contribution in [0.4, 0.5) is 0 Å². The minimum Gasteiger partial charge on any atom is -0.378 e. The van der Waals surface area contributed by atoms with Crippen LogP contribution < -0.4 is 0 Å². The molecule has 1 aromatic carbocycles. The molecule has 0 spiro atoms. The van der Waals surface area contributed by atoms with Crippen molar-refractivity contribution in [1.82, 2.24) is 4.57 Å². The third-order valence-electron chi connectivity index (χ3n) is 2.62. The Bertz CT molecular complexity index is 534. The Kier molecular flexibility index (Phi) is 2.44. The maximum atomic E-state index is 9.14. The number of nitrogens with zero attached hydrogens (tertiary/aromatic N) is 2. The van der Waals surface area contributed by atoms with E-state index in [1.165, 1.54) is 0 Å². The number of hydrogen-bond donors (Lipinski definition) is 0. The zero-order chi connectivity index (χ0) is 10.8. The molecular formula is C12H12N2O. The van der Waals surface area contributed by atoms with Crippen molar-refractivity contribution in [3.8, 4) is 6.07 Å². The van der Waals surface area contributed by atoms with Crippen LogP contribution in [-0.2, 0) is 18.4 Å². The van der Waals surface area contributed by atoms with Crippen LogP contribution in [0.3, 0.4) is 0 Å². The highest BCUT2D eigenvalue weighted by molar-refractivity contribution is 5.87. The Labute approximate surface area is 88.5 Å². The first-order valence-corrected chi connectivity index (χ1v) is 4.75. The highest BCUT2D eigenvalue weighted by Gasteiger charge is 2.13. The van der Waals surface area contributed by atoms with Crippen LogP contribution in [0.2, 0.25) is 0 Å². The van der Waals surface area contributed by atoms with Crippen LogP contribution in [0.15, 0.2) is 24.3 Å². The van der Waals surface area contributed by atoms with E-state index in [1.807, 2.05) is 35.9 Å². The van der Waals surface area contributed by atoms with Gasteiger partial charge < -0.3 is 9.30 Å². The molecule has 0 N–H and O–H groups in total. The maximum absolute atomic E-state index is 9.14. The largest absolute Gasteiger partial charge is 0.378 e. The van der Waals surface area contributed by atoms with Gasteiger partial charge in [0.05, 0.1) is 17.9 Å². The van der Waals surface area contributed by atoms with E-state index in [0.717, 1.165) is 22.2 Å². The minimum absolute atomic E-state index is 0.466. The Hall–Kier alpha value is -1.79. The van der Waals surface area contributed by atoms with Crippen LogP contribution >= 0.6 is 0 Å². The fourth-order valence-electron chi connectivity index (χ4n) is 1.88. The molecule has 2 aromatic rings. The summed E-state index contributed by atoms with van der Waals surface area (Å²) in [5.74, 6) is 0. The van der Waals surface area contributed by atoms with Gasteiger partial charge in [0.1, 0.15) is 6.07 Å². The maximum Gasteiger partial charge on any atom is 0.102 e. The average Bonchev–Trinajstić information content (AvgIpc) is 2.54. The lowest BCUT2D eigenvalue weighted by atomic mass is 10.1. The minimum atomic E-state index is 0.466. The summed E-state index contributed by atoms with van der Waals surface area (Å²) in [7, 11) is 3.59. The first-order valence-electron chi connectivity index (χ1n) is 4.75. The molecular weight excluding hydrogens is 188 g/mol. The van der Waals surface area contributed by atoms with Crippen molar-refractivity contribution in [2.45, 2.75) is 6.61 Å². The topological polar surface area (TPSA) is 37.9 Å². The lowest BCUT2D eigenvalue weighted by molar-refractivity contribution is 0.179. The van der Waals surface area contributed by atoms with Crippen molar-refractivity contribution < 1.29 is 4.74 Å². The number of methoxy groups -OCH3 is 1. The SMILES string of the molecule is COCc1c(C#N)c2ccccc2n1C. The average molecular weight is 200 g/mol. The van der Waals surface area contributed by atoms with Gasteiger partial charge in [-0.15, -0.1) is 0 Å². The van der Waals surface area contributed by atoms with E-state index in [2.05, 4.69) is 6.07 Å². The molecule has 0 unspecified atom stereocenters. The number of hydrogen-bond acceptors (Lipinski definition) is 2. The van der Waals surface area contributed by atoms with Crippen LogP contribution in [0.25, 0.3) is 10.9 Å². The number of aromatic nitrogens is 1. The highest BCUT2D eigenvalue weighted by Crippen LogP contribution is 2.24. The van der Waals surface area contributed by atoms with Crippen molar-refractivity contribution >= 4 is 10.9 Å². The molecule has 0 bridgehead atoms. The molecule has 0 amide bonds. The van der Waals surface area contributed by atoms with Gasteiger partial charge in [-0.1, -0.05) is 18.2 Å². The smallest absolute Gasteiger partial charge is 0.102 e. The van der Waals surface area contributed by atoms with Gasteiger partial charge in [-0.2, -0.15) is 5.26 Å². The van der Waals surface area contributed by atoms with E-state index in [9.17, 15) is 0 Å². The lowest BCUT2D eigenvalue weighted by Crippen LogP contribution is -1.99. The van der Waals surface area contributed by atoms with Gasteiger partial charge in [-0.05, 0) is 6.07 Å². The number of aryl methyl sites for hydroxylation is 1. The number of nitriles is 1. The zero-order valence-corrected chi connectivity index (χ0v) is 8.82. The highest BCUT2D eigenvalue weighted by atomic mass is 16.5. The molecule has 0 aliphatic carbocycles. The number of benzene rings is 1. The predicted octanol–water partition coefficient (Wildman–Crippen LogP) is 2.20. The second-order valence-corrected chi connectivity index (χ2v) is 3.44. The number of fused-ring (bicyclic) bond motifs is 1. The Morgan fingerprint density at radius 2 is 2.13 bits per heavy atom. The molecule has 0 radical (unpaired) electrons. The summed E-state index contributed by atoms with van der Waals surface area (Å²) < 4.78 is 7.12. The molecule has 15 heavy (non-hydrogen) atoms. The van der Waals surface area contributed by atoms with Crippen LogP contribution in [0, 0.1) is 11.3 Å². The van der Waals surface area contributed by atoms with Crippen molar-refractivity contribution in [3.63, 3.8) is 0 Å². The standard InChI is InChI=1S/C12H12N2O/c1-14-11-6-4-3-5-9(11)10(7-13)12(14)8-15-2/h3-6H,8H2,1-2H3. The van der Waals surface area contributed by atoms with E-state index in [-0.39, 0.29) is 0 Å². The van der Waals surface area contributed by atoms with E-state index in [0.29, 0.717) is 6.61 Å². The zero-order valence-electron chi connectivity index (χ0n) is 8.82. The van der Waals surface area contributed by atoms with E-state index < -0.39 is 0 Å². The van der Waals surface area contributed by atoms with Crippen molar-refractivity contribution in [1.29, 1.82) is 5.26 Å². The van der Waals surface area contributed by atoms with Crippen molar-refractivity contribution in [2.24, 2.45) is 7.05 Å². The van der Waals surface area contributed by atoms with Crippen LogP contribution in [0.1, 0.15) is 11.3 Å². The third-order valence-corrected chi connectivity index (χ3v) is 2.62. The summed E-state index contributed by atoms with van der Waals surface area (Å²) in [6.07, 6.45) is 0. The normalized spacial score (nSPS) is 10.5. The molecule has 0 saturated heterocycles. The van der Waals surface area contributed by atoms with E-state index >= 15 is 0 Å². The van der Waals surface area contributed by atoms with Gasteiger partial charge in [-0.3, -0.25) is 0 Å². The summed E-state index contributed by atoms with van der Waals surface area (Å²) in [6.45, 7) is 0.466. The molecule has 1 aromatic heterocycles. The van der Waals surface area contributed by atoms with Gasteiger partial charge in [0.2, 0.25) is 0 Å². The first kappa shape index (κ1) is 9.75. The van der Waals surface area contributed by atoms with Crippen LogP contribution in [0.5, 0.6) is 0 Å². The van der Waals surface area contributed by atoms with E-state index in [4.69, 9.17) is 10.00 Å². The van der Waals surface area contributed by atoms with Gasteiger partial charge in [-0.25, -0.2) is 0 Å².